The van der Waals surface area contributed by atoms with Crippen LogP contribution in [0.2, 0.25) is 0 Å². The Labute approximate surface area is 126 Å². The molecule has 0 fully saturated rings. The van der Waals surface area contributed by atoms with Gasteiger partial charge in [-0.2, -0.15) is 4.98 Å². The number of benzene rings is 1. The second-order valence-electron chi connectivity index (χ2n) is 4.56. The van der Waals surface area contributed by atoms with Crippen molar-refractivity contribution in [2.24, 2.45) is 5.84 Å². The van der Waals surface area contributed by atoms with Gasteiger partial charge in [0.25, 0.3) is 0 Å². The van der Waals surface area contributed by atoms with Crippen LogP contribution in [0.5, 0.6) is 0 Å². The molecule has 0 atom stereocenters. The van der Waals surface area contributed by atoms with Crippen LogP contribution in [0.25, 0.3) is 0 Å². The molecule has 110 valence electrons. The lowest BCUT2D eigenvalue weighted by molar-refractivity contribution is -0.389. The zero-order chi connectivity index (χ0) is 15.6. The topological polar surface area (TPSA) is 107 Å². The van der Waals surface area contributed by atoms with E-state index < -0.39 is 4.92 Å². The van der Waals surface area contributed by atoms with Crippen molar-refractivity contribution in [3.8, 4) is 0 Å². The van der Waals surface area contributed by atoms with Gasteiger partial charge in [-0.05, 0) is 32.4 Å². The Bertz CT molecular complexity index is 705. The molecule has 21 heavy (non-hydrogen) atoms. The number of aromatic nitrogens is 2. The average Bonchev–Trinajstić information content (AvgIpc) is 2.40. The van der Waals surface area contributed by atoms with Gasteiger partial charge in [0.1, 0.15) is 5.69 Å². The maximum atomic E-state index is 11.2. The maximum absolute atomic E-state index is 11.2. The number of hydrogen-bond donors (Lipinski definition) is 2. The maximum Gasteiger partial charge on any atom is 0.322 e. The van der Waals surface area contributed by atoms with E-state index in [-0.39, 0.29) is 22.4 Å². The third-order valence-corrected chi connectivity index (χ3v) is 4.03. The molecule has 8 heteroatoms. The minimum atomic E-state index is -0.471. The van der Waals surface area contributed by atoms with E-state index in [1.165, 1.54) is 11.8 Å². The van der Waals surface area contributed by atoms with Gasteiger partial charge in [-0.25, -0.2) is 10.8 Å². The number of hydrazine groups is 1. The lowest BCUT2D eigenvalue weighted by Gasteiger charge is -2.09. The Kier molecular flexibility index (Phi) is 4.39. The highest BCUT2D eigenvalue weighted by Crippen LogP contribution is 2.36. The summed E-state index contributed by atoms with van der Waals surface area (Å²) in [5.41, 5.74) is 4.67. The molecule has 1 aromatic heterocycles. The number of nitrogen functional groups attached to an aromatic ring is 1. The van der Waals surface area contributed by atoms with Gasteiger partial charge in [0.05, 0.1) is 4.92 Å². The third-order valence-electron chi connectivity index (χ3n) is 2.88. The number of nitrogens with one attached hydrogen (secondary N) is 1. The molecule has 0 aliphatic rings. The largest absolute Gasteiger partial charge is 0.322 e. The average molecular weight is 305 g/mol. The number of nitrogens with two attached hydrogens (primary N) is 1. The van der Waals surface area contributed by atoms with Gasteiger partial charge in [-0.1, -0.05) is 29.5 Å². The van der Waals surface area contributed by atoms with Crippen molar-refractivity contribution in [1.82, 2.24) is 9.97 Å². The molecule has 0 unspecified atom stereocenters. The number of nitro groups is 1. The van der Waals surface area contributed by atoms with Crippen molar-refractivity contribution in [3.63, 3.8) is 0 Å². The lowest BCUT2D eigenvalue weighted by atomic mass is 10.2. The molecule has 0 bridgehead atoms. The van der Waals surface area contributed by atoms with Crippen LogP contribution in [0.3, 0.4) is 0 Å². The summed E-state index contributed by atoms with van der Waals surface area (Å²) in [6.07, 6.45) is 0. The minimum Gasteiger partial charge on any atom is -0.292 e. The van der Waals surface area contributed by atoms with E-state index >= 15 is 0 Å². The minimum absolute atomic E-state index is 0.0982. The van der Waals surface area contributed by atoms with Crippen LogP contribution in [0.4, 0.5) is 11.6 Å². The van der Waals surface area contributed by atoms with Gasteiger partial charge in [-0.15, -0.1) is 0 Å². The van der Waals surface area contributed by atoms with Crippen LogP contribution in [0.1, 0.15) is 16.8 Å². The van der Waals surface area contributed by atoms with E-state index in [4.69, 9.17) is 5.84 Å². The summed E-state index contributed by atoms with van der Waals surface area (Å²) in [5, 5.41) is 11.5. The van der Waals surface area contributed by atoms with Crippen LogP contribution >= 0.6 is 11.8 Å². The standard InChI is InChI=1S/C13H15N5O2S/c1-7-4-5-10(8(2)6-7)21-12-11(18(19)20)9(3)15-13(16-12)17-14/h4-6H,14H2,1-3H3,(H,15,16,17). The Morgan fingerprint density at radius 1 is 1.29 bits per heavy atom. The van der Waals surface area contributed by atoms with E-state index in [9.17, 15) is 10.1 Å². The van der Waals surface area contributed by atoms with Gasteiger partial charge >= 0.3 is 5.69 Å². The Morgan fingerprint density at radius 3 is 2.57 bits per heavy atom. The second kappa shape index (κ2) is 6.06. The summed E-state index contributed by atoms with van der Waals surface area (Å²) in [6, 6.07) is 5.90. The predicted octanol–water partition coefficient (Wildman–Crippen LogP) is 2.75. The molecule has 0 saturated heterocycles. The van der Waals surface area contributed by atoms with Crippen molar-refractivity contribution < 1.29 is 4.92 Å². The van der Waals surface area contributed by atoms with Crippen LogP contribution in [0, 0.1) is 30.9 Å². The summed E-state index contributed by atoms with van der Waals surface area (Å²) in [4.78, 5) is 19.7. The number of rotatable bonds is 4. The molecule has 1 aromatic carbocycles. The first-order chi connectivity index (χ1) is 9.92. The Balaban J connectivity index is 2.51. The van der Waals surface area contributed by atoms with E-state index in [2.05, 4.69) is 15.4 Å². The summed E-state index contributed by atoms with van der Waals surface area (Å²) in [6.45, 7) is 5.51. The smallest absolute Gasteiger partial charge is 0.292 e. The zero-order valence-electron chi connectivity index (χ0n) is 11.9. The summed E-state index contributed by atoms with van der Waals surface area (Å²) >= 11 is 1.23. The third kappa shape index (κ3) is 3.29. The molecule has 0 radical (unpaired) electrons. The molecule has 0 aliphatic carbocycles. The normalized spacial score (nSPS) is 10.5. The molecule has 2 rings (SSSR count). The number of anilines is 1. The quantitative estimate of drug-likeness (QED) is 0.387. The van der Waals surface area contributed by atoms with Gasteiger partial charge in [0.15, 0.2) is 5.03 Å². The number of nitrogens with zero attached hydrogens (tertiary/aromatic N) is 3. The fourth-order valence-electron chi connectivity index (χ4n) is 1.90. The lowest BCUT2D eigenvalue weighted by Crippen LogP contribution is -2.12. The van der Waals surface area contributed by atoms with Crippen molar-refractivity contribution in [1.29, 1.82) is 0 Å². The van der Waals surface area contributed by atoms with Crippen molar-refractivity contribution in [2.45, 2.75) is 30.7 Å². The fraction of sp³-hybridized carbons (Fsp3) is 0.231. The molecule has 0 spiro atoms. The van der Waals surface area contributed by atoms with Gasteiger partial charge in [0, 0.05) is 4.90 Å². The summed E-state index contributed by atoms with van der Waals surface area (Å²) < 4.78 is 0. The summed E-state index contributed by atoms with van der Waals surface area (Å²) in [7, 11) is 0. The molecular weight excluding hydrogens is 290 g/mol. The number of aryl methyl sites for hydroxylation is 3. The van der Waals surface area contributed by atoms with E-state index in [1.54, 1.807) is 6.92 Å². The van der Waals surface area contributed by atoms with Crippen molar-refractivity contribution >= 4 is 23.4 Å². The molecule has 1 heterocycles. The van der Waals surface area contributed by atoms with Crippen LogP contribution in [0.15, 0.2) is 28.1 Å². The van der Waals surface area contributed by atoms with Crippen LogP contribution in [-0.2, 0) is 0 Å². The van der Waals surface area contributed by atoms with Gasteiger partial charge in [0.2, 0.25) is 5.95 Å². The Hall–Kier alpha value is -2.19. The predicted molar refractivity (Wildman–Crippen MR) is 81.3 cm³/mol. The first-order valence-electron chi connectivity index (χ1n) is 6.17. The highest BCUT2D eigenvalue weighted by Gasteiger charge is 2.23. The highest BCUT2D eigenvalue weighted by molar-refractivity contribution is 7.99. The van der Waals surface area contributed by atoms with Gasteiger partial charge in [-0.3, -0.25) is 15.5 Å². The highest BCUT2D eigenvalue weighted by atomic mass is 32.2. The molecule has 2 aromatic rings. The molecule has 0 amide bonds. The van der Waals surface area contributed by atoms with Gasteiger partial charge < -0.3 is 0 Å². The number of hydrogen-bond acceptors (Lipinski definition) is 7. The van der Waals surface area contributed by atoms with E-state index in [1.807, 2.05) is 32.0 Å². The first kappa shape index (κ1) is 15.2. The fourth-order valence-corrected chi connectivity index (χ4v) is 2.92. The second-order valence-corrected chi connectivity index (χ2v) is 5.59. The summed E-state index contributed by atoms with van der Waals surface area (Å²) in [5.74, 6) is 5.46. The van der Waals surface area contributed by atoms with Crippen LogP contribution in [-0.4, -0.2) is 14.9 Å². The SMILES string of the molecule is Cc1ccc(Sc2nc(NN)nc(C)c2[N+](=O)[O-])c(C)c1. The Morgan fingerprint density at radius 2 is 2.00 bits per heavy atom. The van der Waals surface area contributed by atoms with Crippen molar-refractivity contribution in [2.75, 3.05) is 5.43 Å². The van der Waals surface area contributed by atoms with E-state index in [0.717, 1.165) is 16.0 Å². The van der Waals surface area contributed by atoms with Crippen molar-refractivity contribution in [3.05, 3.63) is 45.1 Å². The molecule has 3 N–H and O–H groups in total. The first-order valence-corrected chi connectivity index (χ1v) is 6.98. The van der Waals surface area contributed by atoms with Crippen LogP contribution < -0.4 is 11.3 Å². The monoisotopic (exact) mass is 305 g/mol. The zero-order valence-corrected chi connectivity index (χ0v) is 12.7. The molecule has 7 nitrogen and oxygen atoms in total. The van der Waals surface area contributed by atoms with E-state index in [0.29, 0.717) is 0 Å². The molecule has 0 aliphatic heterocycles. The molecular formula is C13H15N5O2S. The molecule has 0 saturated carbocycles.